The van der Waals surface area contributed by atoms with Gasteiger partial charge in [-0.3, -0.25) is 0 Å². The number of aryl methyl sites for hydroxylation is 3. The molecule has 0 radical (unpaired) electrons. The van der Waals surface area contributed by atoms with Gasteiger partial charge in [0.2, 0.25) is 6.71 Å². The molecule has 0 unspecified atom stereocenters. The highest BCUT2D eigenvalue weighted by Crippen LogP contribution is 2.44. The lowest BCUT2D eigenvalue weighted by molar-refractivity contribution is 1.26. The van der Waals surface area contributed by atoms with Crippen molar-refractivity contribution >= 4 is 89.5 Å². The van der Waals surface area contributed by atoms with Crippen LogP contribution in [-0.4, -0.2) is 6.71 Å². The van der Waals surface area contributed by atoms with Gasteiger partial charge < -0.3 is 9.80 Å². The summed E-state index contributed by atoms with van der Waals surface area (Å²) in [6, 6.07) is 71.3. The fourth-order valence-corrected chi connectivity index (χ4v) is 10.1. The number of para-hydroxylation sites is 4. The Morgan fingerprint density at radius 3 is 1.28 bits per heavy atom. The molecule has 0 atom stereocenters. The smallest absolute Gasteiger partial charge is 0.243 e. The molecule has 0 fully saturated rings. The second-order valence-corrected chi connectivity index (χ2v) is 15.9. The molecule has 0 aliphatic carbocycles. The number of anilines is 6. The Labute approximate surface area is 340 Å². The van der Waals surface area contributed by atoms with Crippen molar-refractivity contribution in [1.82, 2.24) is 0 Å². The predicted octanol–water partition coefficient (Wildman–Crippen LogP) is 12.9. The van der Waals surface area contributed by atoms with Gasteiger partial charge >= 0.3 is 0 Å². The van der Waals surface area contributed by atoms with Crippen LogP contribution in [0.25, 0.3) is 43.4 Å². The Hall–Kier alpha value is -7.10. The van der Waals surface area contributed by atoms with Crippen LogP contribution in [0, 0.1) is 20.8 Å². The Bertz CT molecular complexity index is 3020. The molecule has 0 bridgehead atoms. The molecule has 1 heterocycles. The minimum atomic E-state index is 0.0684. The van der Waals surface area contributed by atoms with Crippen molar-refractivity contribution in [3.8, 4) is 11.1 Å². The summed E-state index contributed by atoms with van der Waals surface area (Å²) in [4.78, 5) is 4.79. The molecule has 0 saturated carbocycles. The summed E-state index contributed by atoms with van der Waals surface area (Å²) in [6.07, 6.45) is 0. The molecule has 0 saturated heterocycles. The van der Waals surface area contributed by atoms with E-state index in [0.29, 0.717) is 0 Å². The van der Waals surface area contributed by atoms with E-state index in [1.165, 1.54) is 82.2 Å². The molecule has 0 N–H and O–H groups in total. The van der Waals surface area contributed by atoms with Crippen molar-refractivity contribution in [3.05, 3.63) is 211 Å². The summed E-state index contributed by atoms with van der Waals surface area (Å²) in [6.45, 7) is 7.03. The average molecular weight is 741 g/mol. The summed E-state index contributed by atoms with van der Waals surface area (Å²) < 4.78 is 0. The van der Waals surface area contributed by atoms with Gasteiger partial charge in [0.15, 0.2) is 0 Å². The van der Waals surface area contributed by atoms with E-state index < -0.39 is 0 Å². The van der Waals surface area contributed by atoms with Crippen LogP contribution < -0.4 is 26.2 Å². The van der Waals surface area contributed by atoms with Crippen molar-refractivity contribution in [1.29, 1.82) is 0 Å². The molecule has 1 aliphatic rings. The van der Waals surface area contributed by atoms with Gasteiger partial charge in [0, 0.05) is 34.1 Å². The number of fused-ring (bicyclic) bond motifs is 4. The molecule has 11 rings (SSSR count). The Balaban J connectivity index is 1.18. The topological polar surface area (TPSA) is 6.48 Å². The molecule has 1 aliphatic heterocycles. The third-order valence-corrected chi connectivity index (χ3v) is 12.4. The lowest BCUT2D eigenvalue weighted by Gasteiger charge is -2.28. The van der Waals surface area contributed by atoms with Crippen LogP contribution >= 0.6 is 0 Å². The lowest BCUT2D eigenvalue weighted by atomic mass is 9.36. The van der Waals surface area contributed by atoms with Gasteiger partial charge in [-0.05, 0) is 137 Å². The molecule has 3 heteroatoms. The molecule has 0 spiro atoms. The Kier molecular flexibility index (Phi) is 7.98. The van der Waals surface area contributed by atoms with Gasteiger partial charge in [0.05, 0.1) is 0 Å². The van der Waals surface area contributed by atoms with Gasteiger partial charge in [0.25, 0.3) is 0 Å². The zero-order valence-corrected chi connectivity index (χ0v) is 32.9. The number of rotatable bonds is 7. The first-order valence-corrected chi connectivity index (χ1v) is 20.3. The normalized spacial score (nSPS) is 12.0. The van der Waals surface area contributed by atoms with E-state index in [1.807, 2.05) is 0 Å². The first-order chi connectivity index (χ1) is 28.5. The van der Waals surface area contributed by atoms with E-state index in [9.17, 15) is 0 Å². The molecule has 274 valence electrons. The number of benzene rings is 10. The van der Waals surface area contributed by atoms with Crippen LogP contribution in [0.5, 0.6) is 0 Å². The summed E-state index contributed by atoms with van der Waals surface area (Å²) in [7, 11) is 0. The summed E-state index contributed by atoms with van der Waals surface area (Å²) >= 11 is 0. The second kappa shape index (κ2) is 13.5. The molecular formula is C55H41BN2. The summed E-state index contributed by atoms with van der Waals surface area (Å²) in [5.74, 6) is 0. The summed E-state index contributed by atoms with van der Waals surface area (Å²) in [5, 5.41) is 7.92. The van der Waals surface area contributed by atoms with E-state index in [1.54, 1.807) is 0 Å². The van der Waals surface area contributed by atoms with Crippen molar-refractivity contribution < 1.29 is 0 Å². The second-order valence-electron chi connectivity index (χ2n) is 15.9. The van der Waals surface area contributed by atoms with Crippen LogP contribution in [0.1, 0.15) is 16.7 Å². The van der Waals surface area contributed by atoms with Crippen molar-refractivity contribution in [2.45, 2.75) is 20.8 Å². The van der Waals surface area contributed by atoms with Crippen LogP contribution in [0.4, 0.5) is 34.1 Å². The molecule has 10 aromatic carbocycles. The molecular weight excluding hydrogens is 699 g/mol. The molecule has 0 amide bonds. The largest absolute Gasteiger partial charge is 0.310 e. The van der Waals surface area contributed by atoms with Gasteiger partial charge in [-0.15, -0.1) is 0 Å². The molecule has 2 nitrogen and oxygen atoms in total. The predicted molar refractivity (Wildman–Crippen MR) is 250 cm³/mol. The van der Waals surface area contributed by atoms with Crippen molar-refractivity contribution in [3.63, 3.8) is 0 Å². The molecule has 58 heavy (non-hydrogen) atoms. The quantitative estimate of drug-likeness (QED) is 0.119. The van der Waals surface area contributed by atoms with Gasteiger partial charge in [0.1, 0.15) is 0 Å². The van der Waals surface area contributed by atoms with Crippen LogP contribution in [0.2, 0.25) is 0 Å². The summed E-state index contributed by atoms with van der Waals surface area (Å²) in [5.41, 5.74) is 17.6. The van der Waals surface area contributed by atoms with E-state index in [2.05, 4.69) is 225 Å². The van der Waals surface area contributed by atoms with E-state index in [-0.39, 0.29) is 6.71 Å². The fraction of sp³-hybridized carbons (Fsp3) is 0.0545. The van der Waals surface area contributed by atoms with Crippen molar-refractivity contribution in [2.75, 3.05) is 9.80 Å². The number of nitrogens with zero attached hydrogens (tertiary/aromatic N) is 2. The SMILES string of the molecule is Cc1cc(N(c2ccccc2)c2ccccc2)cc(C)c1B1c2cc3ccc4cccc5ccc(c2-c2cc(N(c6ccccc6)c6ccccc6)cc(C)c21)c3c45. The lowest BCUT2D eigenvalue weighted by Crippen LogP contribution is -2.52. The molecule has 10 aromatic rings. The average Bonchev–Trinajstić information content (AvgIpc) is 3.58. The van der Waals surface area contributed by atoms with Crippen molar-refractivity contribution in [2.24, 2.45) is 0 Å². The van der Waals surface area contributed by atoms with Crippen LogP contribution in [0.3, 0.4) is 0 Å². The van der Waals surface area contributed by atoms with E-state index in [0.717, 1.165) is 28.4 Å². The first-order valence-electron chi connectivity index (χ1n) is 20.3. The third kappa shape index (κ3) is 5.34. The van der Waals surface area contributed by atoms with E-state index in [4.69, 9.17) is 0 Å². The Morgan fingerprint density at radius 1 is 0.345 bits per heavy atom. The zero-order chi connectivity index (χ0) is 38.9. The zero-order valence-electron chi connectivity index (χ0n) is 32.9. The maximum absolute atomic E-state index is 2.52. The van der Waals surface area contributed by atoms with Gasteiger partial charge in [-0.25, -0.2) is 0 Å². The first kappa shape index (κ1) is 34.2. The third-order valence-electron chi connectivity index (χ3n) is 12.4. The van der Waals surface area contributed by atoms with Gasteiger partial charge in [-0.1, -0.05) is 154 Å². The molecule has 0 aromatic heterocycles. The maximum Gasteiger partial charge on any atom is 0.243 e. The monoisotopic (exact) mass is 740 g/mol. The Morgan fingerprint density at radius 2 is 0.776 bits per heavy atom. The van der Waals surface area contributed by atoms with Crippen LogP contribution in [-0.2, 0) is 0 Å². The van der Waals surface area contributed by atoms with E-state index >= 15 is 0 Å². The number of hydrogen-bond donors (Lipinski definition) is 0. The van der Waals surface area contributed by atoms with Gasteiger partial charge in [-0.2, -0.15) is 0 Å². The fourth-order valence-electron chi connectivity index (χ4n) is 10.1. The van der Waals surface area contributed by atoms with Crippen LogP contribution in [0.15, 0.2) is 194 Å². The maximum atomic E-state index is 2.52. The highest BCUT2D eigenvalue weighted by atomic mass is 15.1. The minimum absolute atomic E-state index is 0.0684. The highest BCUT2D eigenvalue weighted by molar-refractivity contribution is 7.00. The highest BCUT2D eigenvalue weighted by Gasteiger charge is 2.39. The number of hydrogen-bond acceptors (Lipinski definition) is 2. The minimum Gasteiger partial charge on any atom is -0.310 e. The standard InChI is InChI=1S/C55H41BN2/c1-36-31-46(57(42-19-8-4-9-20-42)43-21-10-5-11-22-43)32-37(2)54(36)56-50-34-41-28-27-39-17-16-18-40-29-30-48(52(41)51(39)40)53(50)49-35-47(33-38(3)55(49)56)58(44-23-12-6-13-24-44)45-25-14-7-15-26-45/h4-35H,1-3H3.